The van der Waals surface area contributed by atoms with E-state index in [1.165, 1.54) is 49.4 Å². The SMILES string of the molecule is C1Cc2nc(CNCC3CC3)sc2C1. The lowest BCUT2D eigenvalue weighted by atomic mass is 10.4. The number of aromatic nitrogens is 1. The van der Waals surface area contributed by atoms with Crippen molar-refractivity contribution in [2.45, 2.75) is 38.6 Å². The molecule has 0 radical (unpaired) electrons. The highest BCUT2D eigenvalue weighted by Crippen LogP contribution is 2.29. The fraction of sp³-hybridized carbons (Fsp3) is 0.727. The monoisotopic (exact) mass is 208 g/mol. The minimum Gasteiger partial charge on any atom is -0.310 e. The summed E-state index contributed by atoms with van der Waals surface area (Å²) in [6.45, 7) is 2.19. The maximum atomic E-state index is 4.66. The van der Waals surface area contributed by atoms with Gasteiger partial charge in [-0.05, 0) is 44.6 Å². The van der Waals surface area contributed by atoms with Gasteiger partial charge in [0.15, 0.2) is 0 Å². The number of nitrogens with zero attached hydrogens (tertiary/aromatic N) is 1. The Morgan fingerprint density at radius 3 is 3.07 bits per heavy atom. The van der Waals surface area contributed by atoms with Gasteiger partial charge < -0.3 is 5.32 Å². The molecule has 0 aliphatic heterocycles. The summed E-state index contributed by atoms with van der Waals surface area (Å²) in [4.78, 5) is 6.21. The second kappa shape index (κ2) is 3.63. The molecule has 0 unspecified atom stereocenters. The maximum Gasteiger partial charge on any atom is 0.107 e. The van der Waals surface area contributed by atoms with E-state index in [4.69, 9.17) is 0 Å². The molecular formula is C11H16N2S. The van der Waals surface area contributed by atoms with Crippen LogP contribution < -0.4 is 5.32 Å². The maximum absolute atomic E-state index is 4.66. The first-order valence-corrected chi connectivity index (χ1v) is 6.41. The average molecular weight is 208 g/mol. The van der Waals surface area contributed by atoms with Gasteiger partial charge in [0, 0.05) is 11.4 Å². The Bertz CT molecular complexity index is 307. The van der Waals surface area contributed by atoms with E-state index in [9.17, 15) is 0 Å². The Hall–Kier alpha value is -0.410. The van der Waals surface area contributed by atoms with Gasteiger partial charge in [-0.25, -0.2) is 4.98 Å². The summed E-state index contributed by atoms with van der Waals surface area (Å²) in [5.41, 5.74) is 1.39. The molecule has 2 aliphatic rings. The predicted molar refractivity (Wildman–Crippen MR) is 58.6 cm³/mol. The van der Waals surface area contributed by atoms with Crippen LogP contribution in [0, 0.1) is 5.92 Å². The van der Waals surface area contributed by atoms with Crippen LogP contribution in [0.15, 0.2) is 0 Å². The van der Waals surface area contributed by atoms with Crippen molar-refractivity contribution < 1.29 is 0 Å². The van der Waals surface area contributed by atoms with Crippen LogP contribution in [0.4, 0.5) is 0 Å². The molecule has 1 N–H and O–H groups in total. The third kappa shape index (κ3) is 1.84. The molecule has 1 fully saturated rings. The lowest BCUT2D eigenvalue weighted by Gasteiger charge is -1.99. The van der Waals surface area contributed by atoms with E-state index in [1.54, 1.807) is 4.88 Å². The van der Waals surface area contributed by atoms with Gasteiger partial charge in [0.1, 0.15) is 5.01 Å². The number of nitrogens with one attached hydrogen (secondary N) is 1. The third-order valence-electron chi connectivity index (χ3n) is 3.05. The Kier molecular flexibility index (Phi) is 2.30. The number of fused-ring (bicyclic) bond motifs is 1. The quantitative estimate of drug-likeness (QED) is 0.820. The van der Waals surface area contributed by atoms with Gasteiger partial charge in [0.25, 0.3) is 0 Å². The molecule has 0 atom stereocenters. The van der Waals surface area contributed by atoms with Gasteiger partial charge in [-0.3, -0.25) is 0 Å². The lowest BCUT2D eigenvalue weighted by Crippen LogP contribution is -2.15. The van der Waals surface area contributed by atoms with E-state index in [0.29, 0.717) is 0 Å². The summed E-state index contributed by atoms with van der Waals surface area (Å²) in [5, 5.41) is 4.80. The second-order valence-electron chi connectivity index (χ2n) is 4.41. The highest BCUT2D eigenvalue weighted by molar-refractivity contribution is 7.11. The Balaban J connectivity index is 1.55. The zero-order valence-electron chi connectivity index (χ0n) is 8.38. The van der Waals surface area contributed by atoms with E-state index in [1.807, 2.05) is 11.3 Å². The summed E-state index contributed by atoms with van der Waals surface area (Å²) < 4.78 is 0. The first-order valence-electron chi connectivity index (χ1n) is 5.60. The number of aryl methyl sites for hydroxylation is 2. The number of hydrogen-bond donors (Lipinski definition) is 1. The molecular weight excluding hydrogens is 192 g/mol. The molecule has 14 heavy (non-hydrogen) atoms. The van der Waals surface area contributed by atoms with Crippen molar-refractivity contribution in [3.63, 3.8) is 0 Å². The summed E-state index contributed by atoms with van der Waals surface area (Å²) >= 11 is 1.92. The summed E-state index contributed by atoms with van der Waals surface area (Å²) in [6, 6.07) is 0. The van der Waals surface area contributed by atoms with Crippen LogP contribution in [0.5, 0.6) is 0 Å². The summed E-state index contributed by atoms with van der Waals surface area (Å²) in [6.07, 6.45) is 6.68. The molecule has 76 valence electrons. The van der Waals surface area contributed by atoms with Gasteiger partial charge in [-0.2, -0.15) is 0 Å². The fourth-order valence-electron chi connectivity index (χ4n) is 2.02. The zero-order valence-corrected chi connectivity index (χ0v) is 9.20. The van der Waals surface area contributed by atoms with Crippen LogP contribution >= 0.6 is 11.3 Å². The summed E-state index contributed by atoms with van der Waals surface area (Å²) in [7, 11) is 0. The first-order chi connectivity index (χ1) is 6.92. The van der Waals surface area contributed by atoms with Crippen LogP contribution in [0.3, 0.4) is 0 Å². The van der Waals surface area contributed by atoms with Crippen LogP contribution in [0.2, 0.25) is 0 Å². The molecule has 0 bridgehead atoms. The molecule has 1 heterocycles. The van der Waals surface area contributed by atoms with E-state index >= 15 is 0 Å². The molecule has 2 aliphatic carbocycles. The van der Waals surface area contributed by atoms with Gasteiger partial charge in [-0.15, -0.1) is 11.3 Å². The highest BCUT2D eigenvalue weighted by Gasteiger charge is 2.21. The van der Waals surface area contributed by atoms with Crippen molar-refractivity contribution in [2.24, 2.45) is 5.92 Å². The predicted octanol–water partition coefficient (Wildman–Crippen LogP) is 2.13. The standard InChI is InChI=1S/C11H16N2S/c1-2-9-10(3-1)14-11(13-9)7-12-6-8-4-5-8/h8,12H,1-7H2. The van der Waals surface area contributed by atoms with Crippen LogP contribution in [0.25, 0.3) is 0 Å². The van der Waals surface area contributed by atoms with Gasteiger partial charge in [0.2, 0.25) is 0 Å². The van der Waals surface area contributed by atoms with Crippen LogP contribution in [-0.2, 0) is 19.4 Å². The second-order valence-corrected chi connectivity index (χ2v) is 5.57. The molecule has 3 rings (SSSR count). The summed E-state index contributed by atoms with van der Waals surface area (Å²) in [5.74, 6) is 0.974. The van der Waals surface area contributed by atoms with Gasteiger partial charge in [-0.1, -0.05) is 0 Å². The van der Waals surface area contributed by atoms with E-state index in [0.717, 1.165) is 12.5 Å². The number of rotatable bonds is 4. The smallest absolute Gasteiger partial charge is 0.107 e. The Labute approximate surface area is 88.7 Å². The highest BCUT2D eigenvalue weighted by atomic mass is 32.1. The molecule has 0 aromatic carbocycles. The normalized spacial score (nSPS) is 20.0. The van der Waals surface area contributed by atoms with Crippen molar-refractivity contribution >= 4 is 11.3 Å². The molecule has 0 spiro atoms. The third-order valence-corrected chi connectivity index (χ3v) is 4.20. The zero-order chi connectivity index (χ0) is 9.38. The minimum absolute atomic E-state index is 0.974. The van der Waals surface area contributed by atoms with Crippen molar-refractivity contribution in [2.75, 3.05) is 6.54 Å². The van der Waals surface area contributed by atoms with Crippen molar-refractivity contribution in [3.8, 4) is 0 Å². The van der Waals surface area contributed by atoms with Crippen LogP contribution in [0.1, 0.15) is 34.8 Å². The van der Waals surface area contributed by atoms with Gasteiger partial charge in [0.05, 0.1) is 5.69 Å². The Morgan fingerprint density at radius 2 is 2.29 bits per heavy atom. The molecule has 0 amide bonds. The minimum atomic E-state index is 0.974. The van der Waals surface area contributed by atoms with Crippen molar-refractivity contribution in [1.29, 1.82) is 0 Å². The number of hydrogen-bond acceptors (Lipinski definition) is 3. The molecule has 0 saturated heterocycles. The Morgan fingerprint density at radius 1 is 1.36 bits per heavy atom. The van der Waals surface area contributed by atoms with Crippen LogP contribution in [-0.4, -0.2) is 11.5 Å². The molecule has 1 aromatic heterocycles. The molecule has 1 aromatic rings. The first kappa shape index (κ1) is 8.86. The van der Waals surface area contributed by atoms with Gasteiger partial charge >= 0.3 is 0 Å². The van der Waals surface area contributed by atoms with E-state index < -0.39 is 0 Å². The topological polar surface area (TPSA) is 24.9 Å². The average Bonchev–Trinajstić information content (AvgIpc) is 2.73. The molecule has 2 nitrogen and oxygen atoms in total. The van der Waals surface area contributed by atoms with E-state index in [-0.39, 0.29) is 0 Å². The molecule has 3 heteroatoms. The van der Waals surface area contributed by atoms with E-state index in [2.05, 4.69) is 10.3 Å². The van der Waals surface area contributed by atoms with Crippen molar-refractivity contribution in [1.82, 2.24) is 10.3 Å². The molecule has 1 saturated carbocycles. The lowest BCUT2D eigenvalue weighted by molar-refractivity contribution is 0.635. The largest absolute Gasteiger partial charge is 0.310 e. The van der Waals surface area contributed by atoms with Crippen molar-refractivity contribution in [3.05, 3.63) is 15.6 Å². The fourth-order valence-corrected chi connectivity index (χ4v) is 3.15. The number of thiazole rings is 1.